The van der Waals surface area contributed by atoms with Gasteiger partial charge < -0.3 is 29.7 Å². The van der Waals surface area contributed by atoms with Gasteiger partial charge in [0.1, 0.15) is 40.8 Å². The van der Waals surface area contributed by atoms with Crippen LogP contribution in [0.2, 0.25) is 0 Å². The van der Waals surface area contributed by atoms with Gasteiger partial charge in [0.15, 0.2) is 0 Å². The van der Waals surface area contributed by atoms with Crippen LogP contribution < -0.4 is 24.8 Å². The molecule has 1 aromatic carbocycles. The molecule has 7 atom stereocenters. The summed E-state index contributed by atoms with van der Waals surface area (Å²) in [4.78, 5) is 67.9. The number of hydrogen-bond acceptors (Lipinski definition) is 11. The van der Waals surface area contributed by atoms with Crippen molar-refractivity contribution in [2.45, 2.75) is 144 Å². The van der Waals surface area contributed by atoms with Gasteiger partial charge in [-0.3, -0.25) is 19.1 Å². The topological polar surface area (TPSA) is 195 Å². The van der Waals surface area contributed by atoms with E-state index in [9.17, 15) is 27.6 Å². The van der Waals surface area contributed by atoms with Gasteiger partial charge in [0.2, 0.25) is 27.7 Å². The maximum atomic E-state index is 14.7. The monoisotopic (exact) mass is 806 g/mol. The maximum Gasteiger partial charge on any atom is 0.408 e. The molecule has 3 aliphatic heterocycles. The standard InChI is InChI=1S/C41H54N6O9S/c1-39(18-19-39)57(52,53)46-37(50)41-23-26(41)13-8-5-4-6-10-15-31-36(49)47-24-28(21-33(47)34(48)45-41)55-35-30(42-29-17-16-27(54-3)20-32(29)43-35)14-11-7-9-12-25-22-40(25,2)56-38(51)44-31/h8,13,16-17,20,25-26,28,31,33H,4-7,9-12,14-15,18-19,21-24H2,1-3H3,(H,44,51)(H,45,48)(H,46,50)/b13-8-/t25-,26-,28-,31+,33+,40-,41-/m1/s1. The van der Waals surface area contributed by atoms with Gasteiger partial charge in [0, 0.05) is 24.3 Å². The molecule has 1 saturated heterocycles. The minimum Gasteiger partial charge on any atom is -0.497 e. The van der Waals surface area contributed by atoms with E-state index in [1.54, 1.807) is 20.1 Å². The molecular formula is C41H54N6O9S. The Morgan fingerprint density at radius 2 is 1.79 bits per heavy atom. The summed E-state index contributed by atoms with van der Waals surface area (Å²) in [6.45, 7) is 3.53. The summed E-state index contributed by atoms with van der Waals surface area (Å²) in [6.07, 6.45) is 11.9. The average Bonchev–Trinajstić information content (AvgIpc) is 4.12. The summed E-state index contributed by atoms with van der Waals surface area (Å²) in [7, 11) is -2.41. The molecule has 16 heteroatoms. The van der Waals surface area contributed by atoms with E-state index in [1.807, 2.05) is 31.2 Å². The molecule has 0 radical (unpaired) electrons. The van der Waals surface area contributed by atoms with E-state index in [4.69, 9.17) is 24.2 Å². The Kier molecular flexibility index (Phi) is 10.4. The van der Waals surface area contributed by atoms with Gasteiger partial charge in [-0.05, 0) is 90.2 Å². The number of aromatic nitrogens is 2. The molecule has 0 unspecified atom stereocenters. The van der Waals surface area contributed by atoms with Crippen molar-refractivity contribution in [3.05, 3.63) is 36.0 Å². The number of rotatable bonds is 4. The van der Waals surface area contributed by atoms with E-state index in [1.165, 1.54) is 4.90 Å². The van der Waals surface area contributed by atoms with E-state index in [0.29, 0.717) is 66.9 Å². The number of ether oxygens (including phenoxy) is 3. The lowest BCUT2D eigenvalue weighted by atomic mass is 10.0. The first-order chi connectivity index (χ1) is 27.2. The first-order valence-electron chi connectivity index (χ1n) is 20.6. The molecule has 3 bridgehead atoms. The molecule has 8 rings (SSSR count). The number of carbonyl (C=O) groups excluding carboxylic acids is 4. The molecule has 3 saturated carbocycles. The van der Waals surface area contributed by atoms with Crippen LogP contribution in [-0.4, -0.2) is 94.8 Å². The third kappa shape index (κ3) is 8.02. The second kappa shape index (κ2) is 15.0. The molecule has 57 heavy (non-hydrogen) atoms. The second-order valence-corrected chi connectivity index (χ2v) is 19.6. The highest BCUT2D eigenvalue weighted by Crippen LogP contribution is 2.50. The minimum atomic E-state index is -3.99. The molecule has 0 spiro atoms. The van der Waals surface area contributed by atoms with Gasteiger partial charge in [0.25, 0.3) is 5.91 Å². The zero-order valence-electron chi connectivity index (χ0n) is 33.0. The van der Waals surface area contributed by atoms with Crippen molar-refractivity contribution >= 4 is 44.9 Å². The van der Waals surface area contributed by atoms with E-state index in [2.05, 4.69) is 15.4 Å². The van der Waals surface area contributed by atoms with Crippen LogP contribution in [0.3, 0.4) is 0 Å². The van der Waals surface area contributed by atoms with Gasteiger partial charge in [-0.1, -0.05) is 37.8 Å². The first kappa shape index (κ1) is 39.4. The fourth-order valence-electron chi connectivity index (χ4n) is 8.75. The number of amides is 4. The zero-order valence-corrected chi connectivity index (χ0v) is 33.8. The van der Waals surface area contributed by atoms with E-state index in [-0.39, 0.29) is 25.3 Å². The fraction of sp³-hybridized carbons (Fsp3) is 0.659. The lowest BCUT2D eigenvalue weighted by Gasteiger charge is -2.30. The van der Waals surface area contributed by atoms with Gasteiger partial charge >= 0.3 is 6.09 Å². The molecule has 308 valence electrons. The van der Waals surface area contributed by atoms with Crippen LogP contribution in [0.1, 0.15) is 109 Å². The SMILES string of the molecule is COc1ccc2nc3c(nc2c1)O[C@@H]1C[C@H]2C(=O)N[C@]4(C(=O)NS(=O)(=O)C5(C)CC5)C[C@H]4/C=C\CCCCC[C@H](NC(=O)O[C@]4(C)C[C@H]4CCCCC3)C(=O)N2C1. The van der Waals surface area contributed by atoms with Crippen LogP contribution in [0.4, 0.5) is 4.79 Å². The van der Waals surface area contributed by atoms with Crippen LogP contribution in [-0.2, 0) is 35.6 Å². The second-order valence-electron chi connectivity index (χ2n) is 17.4. The van der Waals surface area contributed by atoms with Crippen LogP contribution in [0.15, 0.2) is 30.4 Å². The van der Waals surface area contributed by atoms with E-state index >= 15 is 0 Å². The molecule has 4 heterocycles. The van der Waals surface area contributed by atoms with E-state index in [0.717, 1.165) is 44.9 Å². The van der Waals surface area contributed by atoms with Gasteiger partial charge in [-0.2, -0.15) is 0 Å². The van der Waals surface area contributed by atoms with Crippen molar-refractivity contribution in [3.63, 3.8) is 0 Å². The molecule has 3 N–H and O–H groups in total. The summed E-state index contributed by atoms with van der Waals surface area (Å²) in [5, 5.41) is 5.78. The lowest BCUT2D eigenvalue weighted by molar-refractivity contribution is -0.141. The number of nitrogens with zero attached hydrogens (tertiary/aromatic N) is 3. The highest BCUT2D eigenvalue weighted by molar-refractivity contribution is 7.91. The Morgan fingerprint density at radius 1 is 1.00 bits per heavy atom. The summed E-state index contributed by atoms with van der Waals surface area (Å²) < 4.78 is 45.7. The third-order valence-electron chi connectivity index (χ3n) is 13.1. The van der Waals surface area contributed by atoms with Crippen molar-refractivity contribution in [1.29, 1.82) is 0 Å². The lowest BCUT2D eigenvalue weighted by Crippen LogP contribution is -2.58. The van der Waals surface area contributed by atoms with Crippen LogP contribution in [0, 0.1) is 11.8 Å². The Bertz CT molecular complexity index is 2090. The van der Waals surface area contributed by atoms with Crippen LogP contribution >= 0.6 is 0 Å². The molecule has 4 amide bonds. The number of nitrogens with one attached hydrogen (secondary N) is 3. The molecule has 2 aromatic rings. The largest absolute Gasteiger partial charge is 0.497 e. The van der Waals surface area contributed by atoms with Crippen molar-refractivity contribution in [1.82, 2.24) is 30.2 Å². The number of hydrogen-bond donors (Lipinski definition) is 3. The third-order valence-corrected chi connectivity index (χ3v) is 15.3. The molecule has 3 aliphatic carbocycles. The highest BCUT2D eigenvalue weighted by atomic mass is 32.2. The Labute approximate surface area is 333 Å². The summed E-state index contributed by atoms with van der Waals surface area (Å²) in [5.41, 5.74) is -0.193. The molecule has 1 aromatic heterocycles. The fourth-order valence-corrected chi connectivity index (χ4v) is 10.1. The number of carbonyl (C=O) groups is 4. The molecule has 15 nitrogen and oxygen atoms in total. The van der Waals surface area contributed by atoms with Gasteiger partial charge in [-0.25, -0.2) is 23.2 Å². The van der Waals surface area contributed by atoms with Gasteiger partial charge in [0.05, 0.1) is 29.4 Å². The Balaban J connectivity index is 1.14. The number of benzene rings is 1. The van der Waals surface area contributed by atoms with Crippen molar-refractivity contribution in [2.24, 2.45) is 11.8 Å². The molecular weight excluding hydrogens is 753 g/mol. The van der Waals surface area contributed by atoms with Crippen LogP contribution in [0.25, 0.3) is 11.0 Å². The smallest absolute Gasteiger partial charge is 0.408 e. The summed E-state index contributed by atoms with van der Waals surface area (Å²) in [6, 6.07) is 3.38. The van der Waals surface area contributed by atoms with Crippen molar-refractivity contribution in [2.75, 3.05) is 13.7 Å². The number of aryl methyl sites for hydroxylation is 1. The highest BCUT2D eigenvalue weighted by Gasteiger charge is 2.63. The van der Waals surface area contributed by atoms with E-state index < -0.39 is 73.8 Å². The normalized spacial score (nSPS) is 33.5. The van der Waals surface area contributed by atoms with Crippen molar-refractivity contribution < 1.29 is 41.8 Å². The van der Waals surface area contributed by atoms with Crippen LogP contribution in [0.5, 0.6) is 11.6 Å². The van der Waals surface area contributed by atoms with Crippen molar-refractivity contribution in [3.8, 4) is 11.6 Å². The Hall–Kier alpha value is -4.47. The number of methoxy groups -OCH3 is 1. The first-order valence-corrected chi connectivity index (χ1v) is 22.1. The minimum absolute atomic E-state index is 0.00351. The predicted octanol–water partition coefficient (Wildman–Crippen LogP) is 4.37. The number of sulfonamides is 1. The quantitative estimate of drug-likeness (QED) is 0.372. The predicted molar refractivity (Wildman–Crippen MR) is 209 cm³/mol. The summed E-state index contributed by atoms with van der Waals surface area (Å²) >= 11 is 0. The molecule has 4 fully saturated rings. The number of alkyl carbamates (subject to hydrolysis) is 1. The Morgan fingerprint density at radius 3 is 2.58 bits per heavy atom. The zero-order chi connectivity index (χ0) is 40.2. The number of fused-ring (bicyclic) bond motifs is 6. The summed E-state index contributed by atoms with van der Waals surface area (Å²) in [5.74, 6) is -1.15. The maximum absolute atomic E-state index is 14.7. The number of allylic oxidation sites excluding steroid dienone is 1. The molecule has 6 aliphatic rings. The van der Waals surface area contributed by atoms with Gasteiger partial charge in [-0.15, -0.1) is 0 Å². The average molecular weight is 807 g/mol.